The Morgan fingerprint density at radius 1 is 0.630 bits per heavy atom. The van der Waals surface area contributed by atoms with Gasteiger partial charge < -0.3 is 0 Å². The van der Waals surface area contributed by atoms with Crippen molar-refractivity contribution in [2.75, 3.05) is 0 Å². The Labute approximate surface area is 168 Å². The van der Waals surface area contributed by atoms with E-state index in [1.54, 1.807) is 0 Å². The molecule has 2 aromatic heterocycles. The van der Waals surface area contributed by atoms with Crippen molar-refractivity contribution in [3.63, 3.8) is 0 Å². The minimum atomic E-state index is -1.52. The van der Waals surface area contributed by atoms with Crippen LogP contribution in [0.1, 0.15) is 52.9 Å². The summed E-state index contributed by atoms with van der Waals surface area (Å²) >= 11 is 0. The fourth-order valence-electron chi connectivity index (χ4n) is 2.85. The predicted octanol–water partition coefficient (Wildman–Crippen LogP) is 5.50. The van der Waals surface area contributed by atoms with Gasteiger partial charge in [-0.2, -0.15) is 0 Å². The number of pyridine rings is 2. The molecule has 0 unspecified atom stereocenters. The summed E-state index contributed by atoms with van der Waals surface area (Å²) < 4.78 is 0. The van der Waals surface area contributed by atoms with Gasteiger partial charge in [0.1, 0.15) is 0 Å². The van der Waals surface area contributed by atoms with Crippen molar-refractivity contribution in [2.45, 2.75) is 84.2 Å². The first-order valence-corrected chi connectivity index (χ1v) is 16.1. The summed E-state index contributed by atoms with van der Waals surface area (Å²) in [5, 5.41) is 3.52. The van der Waals surface area contributed by atoms with Crippen molar-refractivity contribution < 1.29 is 0 Å². The molecule has 0 aliphatic heterocycles. The summed E-state index contributed by atoms with van der Waals surface area (Å²) in [5.41, 5.74) is 2.20. The minimum absolute atomic E-state index is 0.331. The second kappa shape index (κ2) is 7.28. The molecular weight excluding hydrogens is 360 g/mol. The maximum absolute atomic E-state index is 4.77. The Morgan fingerprint density at radius 2 is 0.963 bits per heavy atom. The fraction of sp³-hybridized carbons (Fsp3) is 0.565. The van der Waals surface area contributed by atoms with Crippen LogP contribution in [-0.4, -0.2) is 26.1 Å². The molecular formula is C23H38N2Si2. The summed E-state index contributed by atoms with van der Waals surface area (Å²) in [6, 6.07) is 8.98. The molecule has 148 valence electrons. The van der Waals surface area contributed by atoms with Crippen LogP contribution < -0.4 is 10.4 Å². The van der Waals surface area contributed by atoms with Crippen molar-refractivity contribution in [3.8, 4) is 0 Å². The van der Waals surface area contributed by atoms with Gasteiger partial charge in [0.2, 0.25) is 0 Å². The smallest absolute Gasteiger partial charge is 0.0879 e. The highest BCUT2D eigenvalue weighted by Gasteiger charge is 2.37. The molecule has 0 radical (unpaired) electrons. The topological polar surface area (TPSA) is 25.8 Å². The Balaban J connectivity index is 2.17. The molecule has 0 aromatic carbocycles. The summed E-state index contributed by atoms with van der Waals surface area (Å²) in [4.78, 5) is 9.54. The molecule has 0 fully saturated rings. The van der Waals surface area contributed by atoms with Crippen LogP contribution in [0.2, 0.25) is 36.3 Å². The number of hydrogen-bond acceptors (Lipinski definition) is 2. The van der Waals surface area contributed by atoms with Gasteiger partial charge in [0.05, 0.1) is 16.1 Å². The third kappa shape index (κ3) is 4.60. The lowest BCUT2D eigenvalue weighted by atomic mass is 10.2. The molecule has 0 spiro atoms. The highest BCUT2D eigenvalue weighted by atomic mass is 28.3. The first-order chi connectivity index (χ1) is 12.2. The van der Waals surface area contributed by atoms with Crippen LogP contribution in [-0.2, 0) is 6.42 Å². The number of aromatic nitrogens is 2. The standard InChI is InChI=1S/C23H38N2Si2/c1-22(2,3)26(7,8)20-13-11-18(24-16-20)15-19-12-14-21(17-25-19)27(9,10)23(4,5)6/h11-14,16-17H,15H2,1-10H3. The number of hydrogen-bond donors (Lipinski definition) is 0. The van der Waals surface area contributed by atoms with E-state index in [1.165, 1.54) is 10.4 Å². The van der Waals surface area contributed by atoms with Gasteiger partial charge in [0.15, 0.2) is 0 Å². The quantitative estimate of drug-likeness (QED) is 0.636. The molecule has 0 saturated carbocycles. The van der Waals surface area contributed by atoms with E-state index < -0.39 is 16.1 Å². The van der Waals surface area contributed by atoms with E-state index in [0.29, 0.717) is 10.1 Å². The normalized spacial score (nSPS) is 13.7. The first-order valence-electron chi connectivity index (χ1n) is 10.1. The van der Waals surface area contributed by atoms with Gasteiger partial charge >= 0.3 is 0 Å². The molecule has 0 bridgehead atoms. The number of rotatable bonds is 4. The molecule has 0 N–H and O–H groups in total. The molecule has 2 rings (SSSR count). The second-order valence-electron chi connectivity index (χ2n) is 11.0. The summed E-state index contributed by atoms with van der Waals surface area (Å²) in [5.74, 6) is 0. The van der Waals surface area contributed by atoms with Gasteiger partial charge in [-0.05, 0) is 32.6 Å². The Morgan fingerprint density at radius 3 is 1.19 bits per heavy atom. The van der Waals surface area contributed by atoms with E-state index in [0.717, 1.165) is 17.8 Å². The Hall–Kier alpha value is -1.27. The Bertz CT molecular complexity index is 695. The fourth-order valence-corrected chi connectivity index (χ4v) is 6.36. The highest BCUT2D eigenvalue weighted by molar-refractivity contribution is 6.92. The molecule has 27 heavy (non-hydrogen) atoms. The largest absolute Gasteiger partial charge is 0.261 e. The molecule has 2 nitrogen and oxygen atoms in total. The van der Waals surface area contributed by atoms with Gasteiger partial charge in [-0.3, -0.25) is 9.97 Å². The van der Waals surface area contributed by atoms with Crippen LogP contribution >= 0.6 is 0 Å². The van der Waals surface area contributed by atoms with Crippen LogP contribution in [0.25, 0.3) is 0 Å². The van der Waals surface area contributed by atoms with E-state index in [2.05, 4.69) is 104 Å². The third-order valence-corrected chi connectivity index (χ3v) is 18.2. The molecule has 0 saturated heterocycles. The van der Waals surface area contributed by atoms with Gasteiger partial charge in [-0.15, -0.1) is 0 Å². The van der Waals surface area contributed by atoms with Gasteiger partial charge in [0, 0.05) is 30.2 Å². The van der Waals surface area contributed by atoms with Gasteiger partial charge in [-0.25, -0.2) is 0 Å². The second-order valence-corrected chi connectivity index (χ2v) is 21.7. The number of nitrogens with zero attached hydrogens (tertiary/aromatic N) is 2. The molecule has 4 heteroatoms. The maximum Gasteiger partial charge on any atom is 0.0879 e. The van der Waals surface area contributed by atoms with E-state index in [1.807, 2.05) is 0 Å². The zero-order valence-electron chi connectivity index (χ0n) is 19.1. The van der Waals surface area contributed by atoms with E-state index in [4.69, 9.17) is 9.97 Å². The van der Waals surface area contributed by atoms with Gasteiger partial charge in [0.25, 0.3) is 0 Å². The van der Waals surface area contributed by atoms with Gasteiger partial charge in [-0.1, -0.05) is 79.9 Å². The minimum Gasteiger partial charge on any atom is -0.261 e. The lowest BCUT2D eigenvalue weighted by Crippen LogP contribution is -2.49. The van der Waals surface area contributed by atoms with Crippen molar-refractivity contribution in [1.82, 2.24) is 9.97 Å². The lowest BCUT2D eigenvalue weighted by molar-refractivity contribution is 0.729. The third-order valence-electron chi connectivity index (χ3n) is 7.21. The van der Waals surface area contributed by atoms with Crippen LogP contribution in [0, 0.1) is 0 Å². The van der Waals surface area contributed by atoms with Crippen LogP contribution in [0.4, 0.5) is 0 Å². The molecule has 0 aliphatic carbocycles. The zero-order chi connectivity index (χ0) is 20.7. The van der Waals surface area contributed by atoms with Crippen molar-refractivity contribution in [2.24, 2.45) is 0 Å². The Kier molecular flexibility index (Phi) is 5.94. The molecule has 0 atom stereocenters. The van der Waals surface area contributed by atoms with E-state index >= 15 is 0 Å². The summed E-state index contributed by atoms with van der Waals surface area (Å²) in [6.07, 6.45) is 5.02. The predicted molar refractivity (Wildman–Crippen MR) is 125 cm³/mol. The van der Waals surface area contributed by atoms with Crippen molar-refractivity contribution in [3.05, 3.63) is 48.0 Å². The highest BCUT2D eigenvalue weighted by Crippen LogP contribution is 2.36. The van der Waals surface area contributed by atoms with Crippen molar-refractivity contribution in [1.29, 1.82) is 0 Å². The van der Waals surface area contributed by atoms with E-state index in [9.17, 15) is 0 Å². The molecule has 2 aromatic rings. The summed E-state index contributed by atoms with van der Waals surface area (Å²) in [7, 11) is -3.03. The molecule has 0 amide bonds. The maximum atomic E-state index is 4.77. The first kappa shape index (κ1) is 22.0. The molecule has 2 heterocycles. The van der Waals surface area contributed by atoms with Crippen LogP contribution in [0.5, 0.6) is 0 Å². The van der Waals surface area contributed by atoms with Crippen LogP contribution in [0.15, 0.2) is 36.7 Å². The monoisotopic (exact) mass is 398 g/mol. The van der Waals surface area contributed by atoms with Crippen LogP contribution in [0.3, 0.4) is 0 Å². The van der Waals surface area contributed by atoms with Crippen molar-refractivity contribution >= 4 is 26.5 Å². The average molecular weight is 399 g/mol. The summed E-state index contributed by atoms with van der Waals surface area (Å²) in [6.45, 7) is 23.8. The molecule has 0 aliphatic rings. The SMILES string of the molecule is CC(C)(C)[Si](C)(C)c1ccc(Cc2ccc([Si](C)(C)C(C)(C)C)cn2)nc1. The zero-order valence-corrected chi connectivity index (χ0v) is 21.1. The average Bonchev–Trinajstić information content (AvgIpc) is 2.54. The van der Waals surface area contributed by atoms with E-state index in [-0.39, 0.29) is 0 Å². The lowest BCUT2D eigenvalue weighted by Gasteiger charge is -2.37.